The van der Waals surface area contributed by atoms with Gasteiger partial charge in [-0.05, 0) is 25.2 Å². The molecule has 1 rings (SSSR count). The van der Waals surface area contributed by atoms with E-state index < -0.39 is 0 Å². The summed E-state index contributed by atoms with van der Waals surface area (Å²) < 4.78 is 0. The summed E-state index contributed by atoms with van der Waals surface area (Å²) in [5, 5.41) is 12.1. The maximum Gasteiger partial charge on any atom is 0.143 e. The standard InChI is InChI=1S/C12H18N4/c1-3-16(4-2)9-8-15-12-11(10-13)6-5-7-14-12/h5-7H,3-4,8-9H2,1-2H3,(H,14,15). The molecule has 0 fully saturated rings. The maximum absolute atomic E-state index is 8.88. The molecule has 1 aromatic heterocycles. The first-order chi connectivity index (χ1) is 7.81. The number of aromatic nitrogens is 1. The Morgan fingerprint density at radius 3 is 2.81 bits per heavy atom. The van der Waals surface area contributed by atoms with Crippen LogP contribution in [0.15, 0.2) is 18.3 Å². The highest BCUT2D eigenvalue weighted by Crippen LogP contribution is 2.08. The van der Waals surface area contributed by atoms with Crippen LogP contribution >= 0.6 is 0 Å². The van der Waals surface area contributed by atoms with E-state index in [1.54, 1.807) is 18.3 Å². The molecule has 0 spiro atoms. The number of rotatable bonds is 6. The lowest BCUT2D eigenvalue weighted by Gasteiger charge is -2.18. The minimum atomic E-state index is 0.599. The summed E-state index contributed by atoms with van der Waals surface area (Å²) >= 11 is 0. The number of likely N-dealkylation sites (N-methyl/N-ethyl adjacent to an activating group) is 1. The third-order valence-electron chi connectivity index (χ3n) is 2.54. The van der Waals surface area contributed by atoms with Crippen LogP contribution in [0.25, 0.3) is 0 Å². The Labute approximate surface area is 96.9 Å². The van der Waals surface area contributed by atoms with Crippen LogP contribution in [0, 0.1) is 11.3 Å². The molecule has 0 unspecified atom stereocenters. The van der Waals surface area contributed by atoms with Gasteiger partial charge in [0.2, 0.25) is 0 Å². The fraction of sp³-hybridized carbons (Fsp3) is 0.500. The van der Waals surface area contributed by atoms with E-state index in [-0.39, 0.29) is 0 Å². The summed E-state index contributed by atoms with van der Waals surface area (Å²) in [6.45, 7) is 8.16. The molecule has 1 aromatic rings. The highest BCUT2D eigenvalue weighted by Gasteiger charge is 2.02. The molecular weight excluding hydrogens is 200 g/mol. The van der Waals surface area contributed by atoms with Crippen LogP contribution in [0.3, 0.4) is 0 Å². The van der Waals surface area contributed by atoms with Crippen molar-refractivity contribution >= 4 is 5.82 Å². The minimum Gasteiger partial charge on any atom is -0.368 e. The number of hydrogen-bond donors (Lipinski definition) is 1. The van der Waals surface area contributed by atoms with Crippen molar-refractivity contribution in [2.45, 2.75) is 13.8 Å². The highest BCUT2D eigenvalue weighted by atomic mass is 15.1. The normalized spacial score (nSPS) is 10.1. The van der Waals surface area contributed by atoms with Gasteiger partial charge in [-0.1, -0.05) is 13.8 Å². The summed E-state index contributed by atoms with van der Waals surface area (Å²) in [5.74, 6) is 0.678. The van der Waals surface area contributed by atoms with Crippen LogP contribution in [0.2, 0.25) is 0 Å². The van der Waals surface area contributed by atoms with E-state index in [1.807, 2.05) is 0 Å². The number of anilines is 1. The summed E-state index contributed by atoms with van der Waals surface area (Å²) in [5.41, 5.74) is 0.599. The molecule has 0 radical (unpaired) electrons. The number of nitrogens with zero attached hydrogens (tertiary/aromatic N) is 3. The van der Waals surface area contributed by atoms with E-state index in [4.69, 9.17) is 5.26 Å². The van der Waals surface area contributed by atoms with Crippen molar-refractivity contribution in [2.75, 3.05) is 31.5 Å². The second kappa shape index (κ2) is 6.81. The molecular formula is C12H18N4. The predicted octanol–water partition coefficient (Wildman–Crippen LogP) is 1.71. The van der Waals surface area contributed by atoms with Gasteiger partial charge in [-0.15, -0.1) is 0 Å². The Kier molecular flexibility index (Phi) is 5.30. The number of nitriles is 1. The van der Waals surface area contributed by atoms with Crippen LogP contribution in [-0.2, 0) is 0 Å². The molecule has 0 aliphatic heterocycles. The van der Waals surface area contributed by atoms with E-state index in [1.165, 1.54) is 0 Å². The number of nitrogens with one attached hydrogen (secondary N) is 1. The molecule has 0 saturated heterocycles. The molecule has 4 heteroatoms. The Morgan fingerprint density at radius 2 is 2.19 bits per heavy atom. The van der Waals surface area contributed by atoms with Gasteiger partial charge in [-0.3, -0.25) is 0 Å². The zero-order valence-corrected chi connectivity index (χ0v) is 9.90. The molecule has 0 amide bonds. The van der Waals surface area contributed by atoms with Crippen molar-refractivity contribution in [1.29, 1.82) is 5.26 Å². The second-order valence-corrected chi connectivity index (χ2v) is 3.47. The zero-order valence-electron chi connectivity index (χ0n) is 9.90. The van der Waals surface area contributed by atoms with Crippen molar-refractivity contribution in [2.24, 2.45) is 0 Å². The summed E-state index contributed by atoms with van der Waals surface area (Å²) in [6.07, 6.45) is 1.70. The van der Waals surface area contributed by atoms with E-state index in [0.717, 1.165) is 26.2 Å². The quantitative estimate of drug-likeness (QED) is 0.789. The largest absolute Gasteiger partial charge is 0.368 e. The van der Waals surface area contributed by atoms with Gasteiger partial charge in [0.25, 0.3) is 0 Å². The monoisotopic (exact) mass is 218 g/mol. The lowest BCUT2D eigenvalue weighted by molar-refractivity contribution is 0.316. The van der Waals surface area contributed by atoms with Gasteiger partial charge >= 0.3 is 0 Å². The van der Waals surface area contributed by atoms with Crippen molar-refractivity contribution in [3.8, 4) is 6.07 Å². The van der Waals surface area contributed by atoms with E-state index in [2.05, 4.69) is 35.1 Å². The SMILES string of the molecule is CCN(CC)CCNc1ncccc1C#N. The van der Waals surface area contributed by atoms with Crippen molar-refractivity contribution in [3.63, 3.8) is 0 Å². The van der Waals surface area contributed by atoms with Gasteiger partial charge in [0.05, 0.1) is 5.56 Å². The molecule has 0 aliphatic carbocycles. The Balaban J connectivity index is 2.46. The Bertz CT molecular complexity index is 352. The smallest absolute Gasteiger partial charge is 0.143 e. The van der Waals surface area contributed by atoms with Gasteiger partial charge in [0, 0.05) is 19.3 Å². The summed E-state index contributed by atoms with van der Waals surface area (Å²) in [7, 11) is 0. The van der Waals surface area contributed by atoms with Crippen LogP contribution in [0.5, 0.6) is 0 Å². The first-order valence-corrected chi connectivity index (χ1v) is 5.63. The first kappa shape index (κ1) is 12.5. The molecule has 0 saturated carbocycles. The van der Waals surface area contributed by atoms with Gasteiger partial charge in [0.15, 0.2) is 0 Å². The fourth-order valence-corrected chi connectivity index (χ4v) is 1.51. The van der Waals surface area contributed by atoms with E-state index in [9.17, 15) is 0 Å². The lowest BCUT2D eigenvalue weighted by atomic mass is 10.3. The van der Waals surface area contributed by atoms with Crippen LogP contribution in [0.4, 0.5) is 5.82 Å². The maximum atomic E-state index is 8.88. The highest BCUT2D eigenvalue weighted by molar-refractivity contribution is 5.51. The van der Waals surface area contributed by atoms with Crippen LogP contribution in [0.1, 0.15) is 19.4 Å². The molecule has 1 heterocycles. The number of hydrogen-bond acceptors (Lipinski definition) is 4. The average molecular weight is 218 g/mol. The third kappa shape index (κ3) is 3.52. The molecule has 86 valence electrons. The Hall–Kier alpha value is -1.60. The molecule has 0 aliphatic rings. The first-order valence-electron chi connectivity index (χ1n) is 5.63. The lowest BCUT2D eigenvalue weighted by Crippen LogP contribution is -2.28. The van der Waals surface area contributed by atoms with Crippen molar-refractivity contribution < 1.29 is 0 Å². The van der Waals surface area contributed by atoms with Crippen molar-refractivity contribution in [1.82, 2.24) is 9.88 Å². The molecule has 0 aromatic carbocycles. The predicted molar refractivity (Wildman–Crippen MR) is 65.2 cm³/mol. The van der Waals surface area contributed by atoms with Crippen LogP contribution in [-0.4, -0.2) is 36.1 Å². The number of pyridine rings is 1. The van der Waals surface area contributed by atoms with Crippen molar-refractivity contribution in [3.05, 3.63) is 23.9 Å². The Morgan fingerprint density at radius 1 is 1.44 bits per heavy atom. The van der Waals surface area contributed by atoms with E-state index >= 15 is 0 Å². The summed E-state index contributed by atoms with van der Waals surface area (Å²) in [4.78, 5) is 6.47. The van der Waals surface area contributed by atoms with Gasteiger partial charge in [-0.2, -0.15) is 5.26 Å². The molecule has 16 heavy (non-hydrogen) atoms. The van der Waals surface area contributed by atoms with Gasteiger partial charge < -0.3 is 10.2 Å². The fourth-order valence-electron chi connectivity index (χ4n) is 1.51. The van der Waals surface area contributed by atoms with Gasteiger partial charge in [-0.25, -0.2) is 4.98 Å². The second-order valence-electron chi connectivity index (χ2n) is 3.47. The molecule has 1 N–H and O–H groups in total. The topological polar surface area (TPSA) is 52.0 Å². The molecule has 4 nitrogen and oxygen atoms in total. The van der Waals surface area contributed by atoms with Crippen LogP contribution < -0.4 is 5.32 Å². The zero-order chi connectivity index (χ0) is 11.8. The van der Waals surface area contributed by atoms with E-state index in [0.29, 0.717) is 11.4 Å². The molecule has 0 bridgehead atoms. The minimum absolute atomic E-state index is 0.599. The van der Waals surface area contributed by atoms with Gasteiger partial charge in [0.1, 0.15) is 11.9 Å². The third-order valence-corrected chi connectivity index (χ3v) is 2.54. The average Bonchev–Trinajstić information content (AvgIpc) is 2.35. The summed E-state index contributed by atoms with van der Waals surface area (Å²) in [6, 6.07) is 5.67. The molecule has 0 atom stereocenters.